The zero-order valence-electron chi connectivity index (χ0n) is 19.3. The molecule has 2 aromatic rings. The molecule has 0 spiro atoms. The third kappa shape index (κ3) is 8.33. The summed E-state index contributed by atoms with van der Waals surface area (Å²) in [5.41, 5.74) is -0.192. The first-order chi connectivity index (χ1) is 15.1. The number of carbonyl (C=O) groups is 2. The number of anilines is 1. The second kappa shape index (κ2) is 12.1. The van der Waals surface area contributed by atoms with Gasteiger partial charge >= 0.3 is 0 Å². The number of hydrogen-bond acceptors (Lipinski definition) is 6. The molecule has 1 aromatic carbocycles. The summed E-state index contributed by atoms with van der Waals surface area (Å²) in [5.74, 6) is -0.686. The fourth-order valence-electron chi connectivity index (χ4n) is 3.34. The number of nitrogens with one attached hydrogen (secondary N) is 2. The normalized spacial score (nSPS) is 14.4. The maximum Gasteiger partial charge on any atom is 0.254 e. The molecule has 8 heteroatoms. The van der Waals surface area contributed by atoms with Gasteiger partial charge in [0.2, 0.25) is 5.91 Å². The van der Waals surface area contributed by atoms with E-state index in [1.807, 2.05) is 20.8 Å². The molecule has 3 unspecified atom stereocenters. The van der Waals surface area contributed by atoms with E-state index in [4.69, 9.17) is 0 Å². The molecule has 3 atom stereocenters. The molecule has 0 aliphatic carbocycles. The lowest BCUT2D eigenvalue weighted by Gasteiger charge is -2.19. The monoisotopic (exact) mass is 461 g/mol. The van der Waals surface area contributed by atoms with E-state index < -0.39 is 23.7 Å². The molecule has 0 fully saturated rings. The Labute approximate surface area is 194 Å². The Bertz CT molecular complexity index is 864. The minimum absolute atomic E-state index is 0.271. The van der Waals surface area contributed by atoms with Gasteiger partial charge in [-0.1, -0.05) is 50.6 Å². The fourth-order valence-corrected chi connectivity index (χ4v) is 4.25. The summed E-state index contributed by atoms with van der Waals surface area (Å²) in [6.45, 7) is 7.65. The van der Waals surface area contributed by atoms with Crippen LogP contribution in [0.3, 0.4) is 0 Å². The van der Waals surface area contributed by atoms with Gasteiger partial charge in [-0.25, -0.2) is 4.98 Å². The van der Waals surface area contributed by atoms with Gasteiger partial charge < -0.3 is 20.8 Å². The van der Waals surface area contributed by atoms with Crippen molar-refractivity contribution in [3.63, 3.8) is 0 Å². The van der Waals surface area contributed by atoms with Crippen LogP contribution in [-0.2, 0) is 9.59 Å². The van der Waals surface area contributed by atoms with Gasteiger partial charge in [-0.3, -0.25) is 9.59 Å². The SMILES string of the molecule is CCCC(NC(=O)C(O)c1ccccc1)C(=O)Nc1ncc(C(C)CCCC(C)(C)O)s1. The summed E-state index contributed by atoms with van der Waals surface area (Å²) in [5, 5.41) is 26.1. The maximum absolute atomic E-state index is 12.8. The first-order valence-corrected chi connectivity index (χ1v) is 11.9. The Kier molecular flexibility index (Phi) is 9.81. The zero-order chi connectivity index (χ0) is 23.7. The number of amides is 2. The van der Waals surface area contributed by atoms with Gasteiger partial charge in [-0.2, -0.15) is 0 Å². The van der Waals surface area contributed by atoms with Gasteiger partial charge in [-0.05, 0) is 51.0 Å². The molecule has 4 N–H and O–H groups in total. The predicted molar refractivity (Wildman–Crippen MR) is 128 cm³/mol. The highest BCUT2D eigenvalue weighted by Crippen LogP contribution is 2.30. The lowest BCUT2D eigenvalue weighted by Crippen LogP contribution is -2.45. The van der Waals surface area contributed by atoms with E-state index in [0.29, 0.717) is 23.5 Å². The molecular weight excluding hydrogens is 426 g/mol. The molecule has 0 saturated carbocycles. The van der Waals surface area contributed by atoms with Gasteiger partial charge in [0.15, 0.2) is 11.2 Å². The first kappa shape index (κ1) is 26.0. The van der Waals surface area contributed by atoms with Crippen LogP contribution < -0.4 is 10.6 Å². The largest absolute Gasteiger partial charge is 0.390 e. The van der Waals surface area contributed by atoms with Crippen LogP contribution in [-0.4, -0.2) is 38.7 Å². The van der Waals surface area contributed by atoms with Gasteiger partial charge in [0, 0.05) is 11.1 Å². The van der Waals surface area contributed by atoms with E-state index in [2.05, 4.69) is 22.5 Å². The molecule has 0 radical (unpaired) electrons. The van der Waals surface area contributed by atoms with Gasteiger partial charge in [0.25, 0.3) is 5.91 Å². The number of aromatic nitrogens is 1. The van der Waals surface area contributed by atoms with E-state index in [1.54, 1.807) is 36.5 Å². The first-order valence-electron chi connectivity index (χ1n) is 11.1. The van der Waals surface area contributed by atoms with Crippen molar-refractivity contribution in [1.29, 1.82) is 0 Å². The molecule has 1 heterocycles. The maximum atomic E-state index is 12.8. The van der Waals surface area contributed by atoms with Crippen molar-refractivity contribution in [2.24, 2.45) is 0 Å². The number of rotatable bonds is 12. The van der Waals surface area contributed by atoms with Crippen LogP contribution in [0.5, 0.6) is 0 Å². The van der Waals surface area contributed by atoms with Crippen molar-refractivity contribution in [1.82, 2.24) is 10.3 Å². The molecule has 7 nitrogen and oxygen atoms in total. The summed E-state index contributed by atoms with van der Waals surface area (Å²) in [6.07, 6.45) is 4.13. The number of hydrogen-bond donors (Lipinski definition) is 4. The van der Waals surface area contributed by atoms with Gasteiger partial charge in [0.1, 0.15) is 6.04 Å². The van der Waals surface area contributed by atoms with Crippen LogP contribution in [0.2, 0.25) is 0 Å². The number of thiazole rings is 1. The minimum atomic E-state index is -1.33. The second-order valence-corrected chi connectivity index (χ2v) is 9.89. The standard InChI is InChI=1S/C24H35N3O4S/c1-5-10-18(26-22(30)20(28)17-12-7-6-8-13-17)21(29)27-23-25-15-19(32-23)16(2)11-9-14-24(3,4)31/h6-8,12-13,15-16,18,20,28,31H,5,9-11,14H2,1-4H3,(H,26,30)(H,25,27,29). The number of benzene rings is 1. The summed E-state index contributed by atoms with van der Waals surface area (Å²) in [4.78, 5) is 30.6. The molecule has 32 heavy (non-hydrogen) atoms. The number of aliphatic hydroxyl groups is 2. The van der Waals surface area contributed by atoms with Crippen molar-refractivity contribution >= 4 is 28.3 Å². The lowest BCUT2D eigenvalue weighted by atomic mass is 9.96. The predicted octanol–water partition coefficient (Wildman–Crippen LogP) is 4.14. The Morgan fingerprint density at radius 1 is 1.16 bits per heavy atom. The van der Waals surface area contributed by atoms with Crippen LogP contribution >= 0.6 is 11.3 Å². The molecule has 0 bridgehead atoms. The lowest BCUT2D eigenvalue weighted by molar-refractivity contribution is -0.133. The van der Waals surface area contributed by atoms with E-state index in [9.17, 15) is 19.8 Å². The molecular formula is C24H35N3O4S. The second-order valence-electron chi connectivity index (χ2n) is 8.83. The third-order valence-electron chi connectivity index (χ3n) is 5.24. The molecule has 2 amide bonds. The van der Waals surface area contributed by atoms with Crippen LogP contribution in [0.4, 0.5) is 5.13 Å². The molecule has 2 rings (SSSR count). The van der Waals surface area contributed by atoms with Gasteiger partial charge in [0.05, 0.1) is 5.60 Å². The molecule has 1 aromatic heterocycles. The smallest absolute Gasteiger partial charge is 0.254 e. The summed E-state index contributed by atoms with van der Waals surface area (Å²) in [6, 6.07) is 7.86. The average molecular weight is 462 g/mol. The summed E-state index contributed by atoms with van der Waals surface area (Å²) in [7, 11) is 0. The number of carbonyl (C=O) groups excluding carboxylic acids is 2. The quantitative estimate of drug-likeness (QED) is 0.379. The Balaban J connectivity index is 1.94. The van der Waals surface area contributed by atoms with E-state index in [-0.39, 0.29) is 11.8 Å². The molecule has 176 valence electrons. The summed E-state index contributed by atoms with van der Waals surface area (Å²) < 4.78 is 0. The Morgan fingerprint density at radius 3 is 2.47 bits per heavy atom. The molecule has 0 aliphatic rings. The zero-order valence-corrected chi connectivity index (χ0v) is 20.1. The van der Waals surface area contributed by atoms with Crippen molar-refractivity contribution < 1.29 is 19.8 Å². The van der Waals surface area contributed by atoms with Crippen molar-refractivity contribution in [3.05, 3.63) is 47.0 Å². The van der Waals surface area contributed by atoms with E-state index >= 15 is 0 Å². The molecule has 0 aliphatic heterocycles. The summed E-state index contributed by atoms with van der Waals surface area (Å²) >= 11 is 1.42. The van der Waals surface area contributed by atoms with E-state index in [1.165, 1.54) is 11.3 Å². The van der Waals surface area contributed by atoms with E-state index in [0.717, 1.165) is 24.1 Å². The van der Waals surface area contributed by atoms with Crippen LogP contribution in [0, 0.1) is 0 Å². The Hall–Kier alpha value is -2.29. The Morgan fingerprint density at radius 2 is 1.84 bits per heavy atom. The van der Waals surface area contributed by atoms with Crippen LogP contribution in [0.25, 0.3) is 0 Å². The highest BCUT2D eigenvalue weighted by atomic mass is 32.1. The fraction of sp³-hybridized carbons (Fsp3) is 0.542. The average Bonchev–Trinajstić information content (AvgIpc) is 3.21. The number of nitrogens with zero attached hydrogens (tertiary/aromatic N) is 1. The van der Waals surface area contributed by atoms with Crippen molar-refractivity contribution in [2.75, 3.05) is 5.32 Å². The highest BCUT2D eigenvalue weighted by Gasteiger charge is 2.25. The topological polar surface area (TPSA) is 112 Å². The third-order valence-corrected chi connectivity index (χ3v) is 6.38. The van der Waals surface area contributed by atoms with Crippen molar-refractivity contribution in [3.8, 4) is 0 Å². The van der Waals surface area contributed by atoms with Crippen LogP contribution in [0.15, 0.2) is 36.5 Å². The van der Waals surface area contributed by atoms with Crippen LogP contribution in [0.1, 0.15) is 82.3 Å². The minimum Gasteiger partial charge on any atom is -0.390 e. The van der Waals surface area contributed by atoms with Gasteiger partial charge in [-0.15, -0.1) is 11.3 Å². The number of aliphatic hydroxyl groups excluding tert-OH is 1. The van der Waals surface area contributed by atoms with Crippen molar-refractivity contribution in [2.45, 2.75) is 83.5 Å². The highest BCUT2D eigenvalue weighted by molar-refractivity contribution is 7.15. The molecule has 0 saturated heterocycles.